The smallest absolute Gasteiger partial charge is 0.407 e. The average Bonchev–Trinajstić information content (AvgIpc) is 3.41. The molecule has 2 unspecified atom stereocenters. The molecule has 3 atom stereocenters. The Kier molecular flexibility index (Phi) is 8.33. The number of carboxylic acid groups (broad SMARTS) is 1. The molecule has 8 heteroatoms. The van der Waals surface area contributed by atoms with Gasteiger partial charge >= 0.3 is 12.1 Å². The van der Waals surface area contributed by atoms with Crippen LogP contribution in [-0.4, -0.2) is 53.8 Å². The van der Waals surface area contributed by atoms with E-state index in [0.29, 0.717) is 18.6 Å². The summed E-state index contributed by atoms with van der Waals surface area (Å²) in [5.74, 6) is -0.298. The number of hydrogen-bond acceptors (Lipinski definition) is 5. The molecular weight excluding hydrogens is 464 g/mol. The van der Waals surface area contributed by atoms with Crippen molar-refractivity contribution >= 4 is 29.7 Å². The van der Waals surface area contributed by atoms with E-state index in [0.717, 1.165) is 35.1 Å². The second-order valence-electron chi connectivity index (χ2n) is 9.29. The molecule has 186 valence electrons. The van der Waals surface area contributed by atoms with Crippen LogP contribution in [-0.2, 0) is 14.3 Å². The van der Waals surface area contributed by atoms with Gasteiger partial charge in [0, 0.05) is 18.4 Å². The second kappa shape index (κ2) is 11.6. The Labute approximate surface area is 210 Å². The van der Waals surface area contributed by atoms with Crippen LogP contribution in [0, 0.1) is 5.92 Å². The number of nitrogens with one attached hydrogen (secondary N) is 2. The largest absolute Gasteiger partial charge is 0.481 e. The molecule has 3 N–H and O–H groups in total. The van der Waals surface area contributed by atoms with E-state index in [2.05, 4.69) is 34.9 Å². The van der Waals surface area contributed by atoms with E-state index in [1.54, 1.807) is 11.8 Å². The molecule has 35 heavy (non-hydrogen) atoms. The van der Waals surface area contributed by atoms with Crippen LogP contribution in [0.2, 0.25) is 0 Å². The predicted molar refractivity (Wildman–Crippen MR) is 137 cm³/mol. The van der Waals surface area contributed by atoms with Crippen LogP contribution >= 0.6 is 11.8 Å². The van der Waals surface area contributed by atoms with Gasteiger partial charge in [0.15, 0.2) is 0 Å². The van der Waals surface area contributed by atoms with Crippen molar-refractivity contribution in [3.05, 3.63) is 59.7 Å². The molecule has 0 aliphatic heterocycles. The molecule has 0 bridgehead atoms. The molecule has 0 radical (unpaired) electrons. The normalized spacial score (nSPS) is 19.5. The average molecular weight is 497 g/mol. The number of carbonyl (C=O) groups is 3. The van der Waals surface area contributed by atoms with E-state index in [1.807, 2.05) is 30.5 Å². The summed E-state index contributed by atoms with van der Waals surface area (Å²) in [5.41, 5.74) is 4.59. The SMILES string of the molecule is CSCC[C@H](NC(=O)OCC1c2ccccc2-c2ccccc21)C(=O)NC1CCC(CC(=O)O)C1. The van der Waals surface area contributed by atoms with E-state index < -0.39 is 18.1 Å². The molecule has 2 aliphatic rings. The van der Waals surface area contributed by atoms with Crippen LogP contribution < -0.4 is 10.6 Å². The fraction of sp³-hybridized carbons (Fsp3) is 0.444. The van der Waals surface area contributed by atoms with Crippen molar-refractivity contribution in [2.45, 2.75) is 50.1 Å². The van der Waals surface area contributed by atoms with Crippen molar-refractivity contribution in [2.24, 2.45) is 5.92 Å². The van der Waals surface area contributed by atoms with Crippen LogP contribution in [0.1, 0.15) is 49.1 Å². The van der Waals surface area contributed by atoms with E-state index in [-0.39, 0.29) is 36.8 Å². The molecule has 2 aromatic carbocycles. The number of ether oxygens (including phenoxy) is 1. The topological polar surface area (TPSA) is 105 Å². The zero-order chi connectivity index (χ0) is 24.8. The minimum atomic E-state index is -0.809. The van der Waals surface area contributed by atoms with Crippen molar-refractivity contribution < 1.29 is 24.2 Å². The number of hydrogen-bond donors (Lipinski definition) is 3. The number of rotatable bonds is 10. The van der Waals surface area contributed by atoms with Crippen LogP contribution in [0.5, 0.6) is 0 Å². The first-order valence-electron chi connectivity index (χ1n) is 12.1. The minimum Gasteiger partial charge on any atom is -0.481 e. The summed E-state index contributed by atoms with van der Waals surface area (Å²) in [7, 11) is 0. The summed E-state index contributed by atoms with van der Waals surface area (Å²) in [6, 6.07) is 15.5. The second-order valence-corrected chi connectivity index (χ2v) is 10.3. The van der Waals surface area contributed by atoms with Gasteiger partial charge in [-0.2, -0.15) is 11.8 Å². The number of carbonyl (C=O) groups excluding carboxylic acids is 2. The van der Waals surface area contributed by atoms with Crippen LogP contribution in [0.25, 0.3) is 11.1 Å². The predicted octanol–water partition coefficient (Wildman–Crippen LogP) is 4.41. The van der Waals surface area contributed by atoms with Crippen molar-refractivity contribution in [1.82, 2.24) is 10.6 Å². The molecule has 2 amide bonds. The number of thioether (sulfide) groups is 1. The fourth-order valence-corrected chi connectivity index (χ4v) is 5.70. The molecule has 1 saturated carbocycles. The summed E-state index contributed by atoms with van der Waals surface area (Å²) < 4.78 is 5.63. The summed E-state index contributed by atoms with van der Waals surface area (Å²) in [4.78, 5) is 36.7. The molecular formula is C27H32N2O5S. The summed E-state index contributed by atoms with van der Waals surface area (Å²) >= 11 is 1.61. The molecule has 2 aromatic rings. The maximum atomic E-state index is 13.0. The lowest BCUT2D eigenvalue weighted by molar-refractivity contribution is -0.138. The Morgan fingerprint density at radius 1 is 1.06 bits per heavy atom. The lowest BCUT2D eigenvalue weighted by atomic mass is 9.98. The van der Waals surface area contributed by atoms with E-state index in [1.165, 1.54) is 0 Å². The Bertz CT molecular complexity index is 1030. The Morgan fingerprint density at radius 3 is 2.34 bits per heavy atom. The Hall–Kier alpha value is -3.00. The van der Waals surface area contributed by atoms with Crippen LogP contribution in [0.3, 0.4) is 0 Å². The van der Waals surface area contributed by atoms with E-state index >= 15 is 0 Å². The molecule has 1 fully saturated rings. The van der Waals surface area contributed by atoms with Crippen molar-refractivity contribution in [3.63, 3.8) is 0 Å². The molecule has 4 rings (SSSR count). The van der Waals surface area contributed by atoms with E-state index in [4.69, 9.17) is 9.84 Å². The van der Waals surface area contributed by atoms with Gasteiger partial charge in [0.1, 0.15) is 12.6 Å². The number of fused-ring (bicyclic) bond motifs is 3. The lowest BCUT2D eigenvalue weighted by Crippen LogP contribution is -2.49. The van der Waals surface area contributed by atoms with Crippen molar-refractivity contribution in [1.29, 1.82) is 0 Å². The van der Waals surface area contributed by atoms with Gasteiger partial charge in [-0.1, -0.05) is 48.5 Å². The number of amides is 2. The standard InChI is InChI=1S/C27H32N2O5S/c1-35-13-12-24(26(32)28-18-11-10-17(14-18)15-25(30)31)29-27(33)34-16-23-21-8-4-2-6-19(21)20-7-3-5-9-22(20)23/h2-9,17-18,23-24H,10-16H2,1H3,(H,28,32)(H,29,33)(H,30,31)/t17?,18?,24-/m0/s1. The molecule has 7 nitrogen and oxygen atoms in total. The van der Waals surface area contributed by atoms with Gasteiger partial charge in [0.2, 0.25) is 5.91 Å². The third-order valence-corrected chi connectivity index (χ3v) is 7.56. The van der Waals surface area contributed by atoms with Gasteiger partial charge in [-0.25, -0.2) is 4.79 Å². The van der Waals surface area contributed by atoms with Gasteiger partial charge < -0.3 is 20.5 Å². The highest BCUT2D eigenvalue weighted by molar-refractivity contribution is 7.98. The zero-order valence-corrected chi connectivity index (χ0v) is 20.7. The number of alkyl carbamates (subject to hydrolysis) is 1. The third kappa shape index (κ3) is 6.17. The summed E-state index contributed by atoms with van der Waals surface area (Å²) in [6.45, 7) is 0.191. The highest BCUT2D eigenvalue weighted by Crippen LogP contribution is 2.44. The Morgan fingerprint density at radius 2 is 1.71 bits per heavy atom. The zero-order valence-electron chi connectivity index (χ0n) is 19.9. The maximum Gasteiger partial charge on any atom is 0.407 e. The van der Waals surface area contributed by atoms with Gasteiger partial charge in [-0.05, 0) is 65.9 Å². The minimum absolute atomic E-state index is 0.0451. The number of aliphatic carboxylic acids is 1. The highest BCUT2D eigenvalue weighted by Gasteiger charge is 2.32. The first-order valence-corrected chi connectivity index (χ1v) is 13.5. The lowest BCUT2D eigenvalue weighted by Gasteiger charge is -2.21. The summed E-state index contributed by atoms with van der Waals surface area (Å²) in [6.07, 6.45) is 4.15. The van der Waals surface area contributed by atoms with Crippen molar-refractivity contribution in [3.8, 4) is 11.1 Å². The van der Waals surface area contributed by atoms with Gasteiger partial charge in [0.25, 0.3) is 0 Å². The van der Waals surface area contributed by atoms with Gasteiger partial charge in [-0.15, -0.1) is 0 Å². The van der Waals surface area contributed by atoms with Gasteiger partial charge in [-0.3, -0.25) is 9.59 Å². The molecule has 0 saturated heterocycles. The molecule has 0 aromatic heterocycles. The monoisotopic (exact) mass is 496 g/mol. The third-order valence-electron chi connectivity index (χ3n) is 6.91. The fourth-order valence-electron chi connectivity index (χ4n) is 5.23. The first-order chi connectivity index (χ1) is 17.0. The summed E-state index contributed by atoms with van der Waals surface area (Å²) in [5, 5.41) is 14.8. The quantitative estimate of drug-likeness (QED) is 0.450. The highest BCUT2D eigenvalue weighted by atomic mass is 32.2. The molecule has 2 aliphatic carbocycles. The number of carboxylic acids is 1. The molecule has 0 heterocycles. The Balaban J connectivity index is 1.34. The van der Waals surface area contributed by atoms with Crippen LogP contribution in [0.15, 0.2) is 48.5 Å². The maximum absolute atomic E-state index is 13.0. The first kappa shape index (κ1) is 25.1. The van der Waals surface area contributed by atoms with Gasteiger partial charge in [0.05, 0.1) is 0 Å². The van der Waals surface area contributed by atoms with Crippen molar-refractivity contribution in [2.75, 3.05) is 18.6 Å². The van der Waals surface area contributed by atoms with E-state index in [9.17, 15) is 14.4 Å². The van der Waals surface area contributed by atoms with Crippen LogP contribution in [0.4, 0.5) is 4.79 Å². The number of benzene rings is 2. The molecule has 0 spiro atoms.